The van der Waals surface area contributed by atoms with Gasteiger partial charge in [0, 0.05) is 5.69 Å². The minimum Gasteiger partial charge on any atom is -0.459 e. The van der Waals surface area contributed by atoms with Crippen LogP contribution in [-0.4, -0.2) is 32.4 Å². The Labute approximate surface area is 151 Å². The van der Waals surface area contributed by atoms with Crippen LogP contribution in [-0.2, 0) is 19.6 Å². The maximum absolute atomic E-state index is 12.2. The van der Waals surface area contributed by atoms with Crippen molar-refractivity contribution in [1.29, 1.82) is 0 Å². The van der Waals surface area contributed by atoms with E-state index in [1.54, 1.807) is 26.8 Å². The highest BCUT2D eigenvalue weighted by atomic mass is 32.2. The Hall–Kier alpha value is -2.65. The van der Waals surface area contributed by atoms with Crippen LogP contribution < -0.4 is 10.0 Å². The Kier molecular flexibility index (Phi) is 5.83. The summed E-state index contributed by atoms with van der Waals surface area (Å²) >= 11 is 0. The number of anilines is 1. The predicted octanol–water partition coefficient (Wildman–Crippen LogP) is 2.15. The molecule has 0 spiro atoms. The molecule has 0 atom stereocenters. The van der Waals surface area contributed by atoms with Crippen molar-refractivity contribution in [2.45, 2.75) is 31.3 Å². The van der Waals surface area contributed by atoms with Crippen LogP contribution in [0.2, 0.25) is 0 Å². The number of rotatable bonds is 6. The quantitative estimate of drug-likeness (QED) is 0.742. The summed E-state index contributed by atoms with van der Waals surface area (Å²) in [6, 6.07) is 8.59. The van der Waals surface area contributed by atoms with Gasteiger partial charge in [-0.05, 0) is 57.2 Å². The molecule has 0 aliphatic carbocycles. The Morgan fingerprint density at radius 1 is 1.12 bits per heavy atom. The summed E-state index contributed by atoms with van der Waals surface area (Å²) in [5.41, 5.74) is -0.298. The third-order valence-electron chi connectivity index (χ3n) is 2.99. The number of ether oxygens (including phenoxy) is 1. The smallest absolute Gasteiger partial charge is 0.321 e. The van der Waals surface area contributed by atoms with Crippen LogP contribution in [0.3, 0.4) is 0 Å². The molecule has 0 aliphatic rings. The highest BCUT2D eigenvalue weighted by Crippen LogP contribution is 2.15. The zero-order valence-corrected chi connectivity index (χ0v) is 15.4. The second-order valence-electron chi connectivity index (χ2n) is 6.37. The van der Waals surface area contributed by atoms with Crippen LogP contribution in [0.5, 0.6) is 0 Å². The van der Waals surface area contributed by atoms with E-state index >= 15 is 0 Å². The molecule has 9 heteroatoms. The third-order valence-corrected chi connectivity index (χ3v) is 4.41. The third kappa shape index (κ3) is 5.71. The number of carbonyl (C=O) groups is 2. The highest BCUT2D eigenvalue weighted by molar-refractivity contribution is 7.89. The van der Waals surface area contributed by atoms with Crippen LogP contribution >= 0.6 is 0 Å². The van der Waals surface area contributed by atoms with Gasteiger partial charge in [0.15, 0.2) is 5.76 Å². The van der Waals surface area contributed by atoms with E-state index in [-0.39, 0.29) is 10.7 Å². The van der Waals surface area contributed by atoms with E-state index in [0.717, 1.165) is 0 Å². The molecule has 140 valence electrons. The molecule has 2 N–H and O–H groups in total. The molecule has 1 amide bonds. The number of benzene rings is 1. The van der Waals surface area contributed by atoms with Crippen molar-refractivity contribution in [3.8, 4) is 0 Å². The lowest BCUT2D eigenvalue weighted by molar-refractivity contribution is -0.153. The summed E-state index contributed by atoms with van der Waals surface area (Å²) < 4.78 is 36.6. The van der Waals surface area contributed by atoms with Gasteiger partial charge in [0.1, 0.15) is 12.1 Å². The van der Waals surface area contributed by atoms with Crippen LogP contribution in [0.1, 0.15) is 31.3 Å². The minimum absolute atomic E-state index is 0.0444. The SMILES string of the molecule is CC(C)(C)OC(=O)CNS(=O)(=O)c1ccc(NC(=O)c2ccco2)cc1. The number of hydrogen-bond acceptors (Lipinski definition) is 6. The average molecular weight is 380 g/mol. The van der Waals surface area contributed by atoms with Gasteiger partial charge >= 0.3 is 5.97 Å². The molecule has 0 saturated carbocycles. The van der Waals surface area contributed by atoms with E-state index in [2.05, 4.69) is 10.0 Å². The van der Waals surface area contributed by atoms with Crippen molar-refractivity contribution in [1.82, 2.24) is 4.72 Å². The molecule has 8 nitrogen and oxygen atoms in total. The van der Waals surface area contributed by atoms with Crippen molar-refractivity contribution < 1.29 is 27.2 Å². The first-order valence-corrected chi connectivity index (χ1v) is 9.21. The van der Waals surface area contributed by atoms with Crippen molar-refractivity contribution in [3.63, 3.8) is 0 Å². The Morgan fingerprint density at radius 3 is 2.31 bits per heavy atom. The summed E-state index contributed by atoms with van der Waals surface area (Å²) in [5.74, 6) is -0.988. The highest BCUT2D eigenvalue weighted by Gasteiger charge is 2.20. The largest absolute Gasteiger partial charge is 0.459 e. The van der Waals surface area contributed by atoms with Crippen LogP contribution in [0.15, 0.2) is 52.0 Å². The van der Waals surface area contributed by atoms with Gasteiger partial charge in [-0.15, -0.1) is 0 Å². The number of amides is 1. The molecule has 1 aromatic carbocycles. The summed E-state index contributed by atoms with van der Waals surface area (Å²) in [4.78, 5) is 23.4. The Balaban J connectivity index is 1.98. The lowest BCUT2D eigenvalue weighted by Gasteiger charge is -2.19. The second-order valence-corrected chi connectivity index (χ2v) is 8.13. The molecule has 0 fully saturated rings. The van der Waals surface area contributed by atoms with E-state index in [1.807, 2.05) is 0 Å². The first kappa shape index (κ1) is 19.7. The normalized spacial score (nSPS) is 11.8. The van der Waals surface area contributed by atoms with E-state index in [0.29, 0.717) is 5.69 Å². The molecule has 1 heterocycles. The summed E-state index contributed by atoms with van der Waals surface area (Å²) in [6.45, 7) is 4.59. The molecule has 0 radical (unpaired) electrons. The number of furan rings is 1. The molecule has 0 saturated heterocycles. The van der Waals surface area contributed by atoms with E-state index in [9.17, 15) is 18.0 Å². The van der Waals surface area contributed by atoms with Gasteiger partial charge in [-0.25, -0.2) is 8.42 Å². The van der Waals surface area contributed by atoms with Crippen LogP contribution in [0.25, 0.3) is 0 Å². The Bertz CT molecular complexity index is 865. The second kappa shape index (κ2) is 7.71. The molecule has 26 heavy (non-hydrogen) atoms. The topological polar surface area (TPSA) is 115 Å². The van der Waals surface area contributed by atoms with Crippen molar-refractivity contribution in [3.05, 3.63) is 48.4 Å². The number of nitrogens with one attached hydrogen (secondary N) is 2. The van der Waals surface area contributed by atoms with Crippen molar-refractivity contribution >= 4 is 27.6 Å². The molecule has 2 aromatic rings. The molecule has 0 aliphatic heterocycles. The molecule has 1 aromatic heterocycles. The average Bonchev–Trinajstić information content (AvgIpc) is 3.06. The van der Waals surface area contributed by atoms with Gasteiger partial charge < -0.3 is 14.5 Å². The van der Waals surface area contributed by atoms with Crippen LogP contribution in [0.4, 0.5) is 5.69 Å². The maximum atomic E-state index is 12.2. The van der Waals surface area contributed by atoms with Gasteiger partial charge in [-0.3, -0.25) is 9.59 Å². The van der Waals surface area contributed by atoms with Gasteiger partial charge in [0.25, 0.3) is 5.91 Å². The van der Waals surface area contributed by atoms with E-state index < -0.39 is 34.0 Å². The van der Waals surface area contributed by atoms with Crippen molar-refractivity contribution in [2.75, 3.05) is 11.9 Å². The van der Waals surface area contributed by atoms with Gasteiger partial charge in [-0.2, -0.15) is 4.72 Å². The standard InChI is InChI=1S/C17H20N2O6S/c1-17(2,3)25-15(20)11-18-26(22,23)13-8-6-12(7-9-13)19-16(21)14-5-4-10-24-14/h4-10,18H,11H2,1-3H3,(H,19,21). The van der Waals surface area contributed by atoms with E-state index in [4.69, 9.17) is 9.15 Å². The zero-order valence-electron chi connectivity index (χ0n) is 14.6. The monoisotopic (exact) mass is 380 g/mol. The predicted molar refractivity (Wildman–Crippen MR) is 94.1 cm³/mol. The van der Waals surface area contributed by atoms with Crippen molar-refractivity contribution in [2.24, 2.45) is 0 Å². The first-order chi connectivity index (χ1) is 12.1. The summed E-state index contributed by atoms with van der Waals surface area (Å²) in [6.07, 6.45) is 1.38. The molecule has 2 rings (SSSR count). The fraction of sp³-hybridized carbons (Fsp3) is 0.294. The lowest BCUT2D eigenvalue weighted by atomic mass is 10.2. The first-order valence-electron chi connectivity index (χ1n) is 7.73. The fourth-order valence-corrected chi connectivity index (χ4v) is 2.90. The van der Waals surface area contributed by atoms with Gasteiger partial charge in [-0.1, -0.05) is 0 Å². The number of hydrogen-bond donors (Lipinski definition) is 2. The fourth-order valence-electron chi connectivity index (χ4n) is 1.93. The maximum Gasteiger partial charge on any atom is 0.321 e. The summed E-state index contributed by atoms with van der Waals surface area (Å²) in [7, 11) is -3.88. The van der Waals surface area contributed by atoms with Crippen LogP contribution in [0, 0.1) is 0 Å². The minimum atomic E-state index is -3.88. The lowest BCUT2D eigenvalue weighted by Crippen LogP contribution is -2.34. The van der Waals surface area contributed by atoms with Gasteiger partial charge in [0.05, 0.1) is 11.2 Å². The zero-order chi connectivity index (χ0) is 19.4. The number of carbonyl (C=O) groups excluding carboxylic acids is 2. The summed E-state index contributed by atoms with van der Waals surface area (Å²) in [5, 5.41) is 2.58. The number of sulfonamides is 1. The van der Waals surface area contributed by atoms with Gasteiger partial charge in [0.2, 0.25) is 10.0 Å². The molecule has 0 unspecified atom stereocenters. The molecule has 0 bridgehead atoms. The Morgan fingerprint density at radius 2 is 1.77 bits per heavy atom. The number of esters is 1. The molecular formula is C17H20N2O6S. The molecular weight excluding hydrogens is 360 g/mol. The van der Waals surface area contributed by atoms with E-state index in [1.165, 1.54) is 36.6 Å².